The summed E-state index contributed by atoms with van der Waals surface area (Å²) in [4.78, 5) is 11.9. The molecule has 2 atom stereocenters. The third kappa shape index (κ3) is 3.47. The first kappa shape index (κ1) is 13.9. The first-order chi connectivity index (χ1) is 8.86. The van der Waals surface area contributed by atoms with Crippen molar-refractivity contribution >= 4 is 11.6 Å². The molecule has 1 saturated carbocycles. The lowest BCUT2D eigenvalue weighted by Gasteiger charge is -2.12. The zero-order chi connectivity index (χ0) is 14.0. The van der Waals surface area contributed by atoms with Gasteiger partial charge in [-0.25, -0.2) is 0 Å². The summed E-state index contributed by atoms with van der Waals surface area (Å²) in [6.45, 7) is 0. The van der Waals surface area contributed by atoms with Crippen LogP contribution in [0.2, 0.25) is 0 Å². The van der Waals surface area contributed by atoms with E-state index in [9.17, 15) is 18.0 Å². The minimum absolute atomic E-state index is 0.0448. The highest BCUT2D eigenvalue weighted by Crippen LogP contribution is 2.30. The normalized spacial score (nSPS) is 23.4. The molecule has 2 rings (SSSR count). The minimum atomic E-state index is -4.36. The van der Waals surface area contributed by atoms with Crippen LogP contribution >= 0.6 is 0 Å². The fraction of sp³-hybridized carbons (Fsp3) is 0.462. The zero-order valence-electron chi connectivity index (χ0n) is 10.2. The highest BCUT2D eigenvalue weighted by molar-refractivity contribution is 5.92. The number of anilines is 1. The van der Waals surface area contributed by atoms with Crippen LogP contribution in [0.15, 0.2) is 24.3 Å². The second-order valence-electron chi connectivity index (χ2n) is 4.83. The van der Waals surface area contributed by atoms with Gasteiger partial charge in [0.15, 0.2) is 0 Å². The summed E-state index contributed by atoms with van der Waals surface area (Å²) in [5.74, 6) is -0.315. The van der Waals surface area contributed by atoms with Crippen LogP contribution in [0.1, 0.15) is 24.8 Å². The van der Waals surface area contributed by atoms with Crippen LogP contribution in [0.5, 0.6) is 0 Å². The van der Waals surface area contributed by atoms with Gasteiger partial charge in [-0.1, -0.05) is 0 Å². The molecule has 2 unspecified atom stereocenters. The first-order valence-corrected chi connectivity index (χ1v) is 6.10. The summed E-state index contributed by atoms with van der Waals surface area (Å²) in [5, 5.41) is 2.62. The molecule has 19 heavy (non-hydrogen) atoms. The maximum atomic E-state index is 12.4. The Hall–Kier alpha value is -1.56. The second kappa shape index (κ2) is 5.21. The van der Waals surface area contributed by atoms with Crippen molar-refractivity contribution in [3.8, 4) is 0 Å². The Kier molecular flexibility index (Phi) is 3.80. The Balaban J connectivity index is 1.98. The Bertz CT molecular complexity index is 456. The van der Waals surface area contributed by atoms with E-state index in [2.05, 4.69) is 5.32 Å². The molecule has 1 aromatic carbocycles. The maximum Gasteiger partial charge on any atom is 0.416 e. The quantitative estimate of drug-likeness (QED) is 0.869. The van der Waals surface area contributed by atoms with Crippen LogP contribution in [-0.4, -0.2) is 11.9 Å². The number of alkyl halides is 3. The van der Waals surface area contributed by atoms with Crippen molar-refractivity contribution in [1.29, 1.82) is 0 Å². The van der Waals surface area contributed by atoms with E-state index in [1.54, 1.807) is 0 Å². The average molecular weight is 272 g/mol. The van der Waals surface area contributed by atoms with Crippen molar-refractivity contribution in [2.75, 3.05) is 5.32 Å². The topological polar surface area (TPSA) is 55.1 Å². The van der Waals surface area contributed by atoms with Crippen molar-refractivity contribution < 1.29 is 18.0 Å². The summed E-state index contributed by atoms with van der Waals surface area (Å²) < 4.78 is 37.1. The maximum absolute atomic E-state index is 12.4. The molecule has 3 nitrogen and oxygen atoms in total. The molecular formula is C13H15F3N2O. The molecular weight excluding hydrogens is 257 g/mol. The van der Waals surface area contributed by atoms with E-state index >= 15 is 0 Å². The van der Waals surface area contributed by atoms with Gasteiger partial charge in [0.2, 0.25) is 5.91 Å². The molecule has 0 heterocycles. The zero-order valence-corrected chi connectivity index (χ0v) is 10.2. The SMILES string of the molecule is NC1CCC(C(=O)Nc2ccc(C(F)(F)F)cc2)C1. The first-order valence-electron chi connectivity index (χ1n) is 6.10. The summed E-state index contributed by atoms with van der Waals surface area (Å²) in [5.41, 5.74) is 5.36. The Morgan fingerprint density at radius 3 is 2.32 bits per heavy atom. The van der Waals surface area contributed by atoms with Gasteiger partial charge in [-0.2, -0.15) is 13.2 Å². The van der Waals surface area contributed by atoms with Gasteiger partial charge >= 0.3 is 6.18 Å². The van der Waals surface area contributed by atoms with E-state index < -0.39 is 11.7 Å². The molecule has 1 aliphatic carbocycles. The monoisotopic (exact) mass is 272 g/mol. The largest absolute Gasteiger partial charge is 0.416 e. The molecule has 1 aromatic rings. The number of nitrogens with two attached hydrogens (primary N) is 1. The minimum Gasteiger partial charge on any atom is -0.328 e. The molecule has 3 N–H and O–H groups in total. The number of nitrogens with one attached hydrogen (secondary N) is 1. The summed E-state index contributed by atoms with van der Waals surface area (Å²) >= 11 is 0. The predicted molar refractivity (Wildman–Crippen MR) is 65.4 cm³/mol. The van der Waals surface area contributed by atoms with E-state index in [1.165, 1.54) is 12.1 Å². The number of hydrogen-bond donors (Lipinski definition) is 2. The Labute approximate surface area is 109 Å². The van der Waals surface area contributed by atoms with Gasteiger partial charge in [0.05, 0.1) is 5.56 Å². The molecule has 0 radical (unpaired) electrons. The lowest BCUT2D eigenvalue weighted by Crippen LogP contribution is -2.23. The van der Waals surface area contributed by atoms with E-state index in [0.717, 1.165) is 25.0 Å². The number of halogens is 3. The van der Waals surface area contributed by atoms with E-state index in [1.807, 2.05) is 0 Å². The third-order valence-electron chi connectivity index (χ3n) is 3.32. The predicted octanol–water partition coefficient (Wildman–Crippen LogP) is 2.77. The Morgan fingerprint density at radius 2 is 1.84 bits per heavy atom. The summed E-state index contributed by atoms with van der Waals surface area (Å²) in [7, 11) is 0. The standard InChI is InChI=1S/C13H15F3N2O/c14-13(15,16)9-2-5-11(6-3-9)18-12(19)8-1-4-10(17)7-8/h2-3,5-6,8,10H,1,4,7,17H2,(H,18,19). The molecule has 1 amide bonds. The third-order valence-corrected chi connectivity index (χ3v) is 3.32. The fourth-order valence-corrected chi connectivity index (χ4v) is 2.24. The molecule has 0 aliphatic heterocycles. The van der Waals surface area contributed by atoms with Crippen LogP contribution < -0.4 is 11.1 Å². The van der Waals surface area contributed by atoms with E-state index in [-0.39, 0.29) is 17.9 Å². The van der Waals surface area contributed by atoms with Crippen molar-refractivity contribution in [1.82, 2.24) is 0 Å². The number of carbonyl (C=O) groups is 1. The van der Waals surface area contributed by atoms with Gasteiger partial charge in [-0.05, 0) is 43.5 Å². The summed E-state index contributed by atoms with van der Waals surface area (Å²) in [6, 6.07) is 4.47. The van der Waals surface area contributed by atoms with Crippen molar-refractivity contribution in [2.24, 2.45) is 11.7 Å². The van der Waals surface area contributed by atoms with Gasteiger partial charge in [0.25, 0.3) is 0 Å². The molecule has 0 aromatic heterocycles. The van der Waals surface area contributed by atoms with Gasteiger partial charge in [0, 0.05) is 17.6 Å². The molecule has 1 aliphatic rings. The fourth-order valence-electron chi connectivity index (χ4n) is 2.24. The number of amides is 1. The summed E-state index contributed by atoms with van der Waals surface area (Å²) in [6.07, 6.45) is -2.19. The molecule has 104 valence electrons. The van der Waals surface area contributed by atoms with Gasteiger partial charge < -0.3 is 11.1 Å². The smallest absolute Gasteiger partial charge is 0.328 e. The van der Waals surface area contributed by atoms with Gasteiger partial charge in [-0.3, -0.25) is 4.79 Å². The van der Waals surface area contributed by atoms with Crippen LogP contribution in [0.4, 0.5) is 18.9 Å². The number of rotatable bonds is 2. The molecule has 0 saturated heterocycles. The van der Waals surface area contributed by atoms with Crippen molar-refractivity contribution in [3.63, 3.8) is 0 Å². The van der Waals surface area contributed by atoms with Crippen LogP contribution in [0, 0.1) is 5.92 Å². The number of carbonyl (C=O) groups excluding carboxylic acids is 1. The highest BCUT2D eigenvalue weighted by Gasteiger charge is 2.30. The Morgan fingerprint density at radius 1 is 1.21 bits per heavy atom. The molecule has 0 spiro atoms. The van der Waals surface area contributed by atoms with Crippen molar-refractivity contribution in [3.05, 3.63) is 29.8 Å². The van der Waals surface area contributed by atoms with E-state index in [0.29, 0.717) is 12.1 Å². The number of hydrogen-bond acceptors (Lipinski definition) is 2. The molecule has 6 heteroatoms. The lowest BCUT2D eigenvalue weighted by atomic mass is 10.1. The van der Waals surface area contributed by atoms with Gasteiger partial charge in [-0.15, -0.1) is 0 Å². The second-order valence-corrected chi connectivity index (χ2v) is 4.83. The van der Waals surface area contributed by atoms with Gasteiger partial charge in [0.1, 0.15) is 0 Å². The molecule has 0 bridgehead atoms. The average Bonchev–Trinajstić information content (AvgIpc) is 2.75. The molecule has 1 fully saturated rings. The van der Waals surface area contributed by atoms with E-state index in [4.69, 9.17) is 5.73 Å². The highest BCUT2D eigenvalue weighted by atomic mass is 19.4. The van der Waals surface area contributed by atoms with Crippen LogP contribution in [0.3, 0.4) is 0 Å². The van der Waals surface area contributed by atoms with Crippen LogP contribution in [-0.2, 0) is 11.0 Å². The number of benzene rings is 1. The van der Waals surface area contributed by atoms with Crippen LogP contribution in [0.25, 0.3) is 0 Å². The van der Waals surface area contributed by atoms with Crippen molar-refractivity contribution in [2.45, 2.75) is 31.5 Å². The lowest BCUT2D eigenvalue weighted by molar-refractivity contribution is -0.137.